The van der Waals surface area contributed by atoms with Crippen molar-refractivity contribution in [2.45, 2.75) is 44.4 Å². The van der Waals surface area contributed by atoms with Crippen molar-refractivity contribution in [3.8, 4) is 0 Å². The molecule has 1 aromatic heterocycles. The minimum atomic E-state index is -0.891. The van der Waals surface area contributed by atoms with Crippen molar-refractivity contribution in [2.24, 2.45) is 0 Å². The van der Waals surface area contributed by atoms with Crippen LogP contribution in [0, 0.1) is 0 Å². The number of anilines is 1. The van der Waals surface area contributed by atoms with Gasteiger partial charge in [-0.15, -0.1) is 0 Å². The van der Waals surface area contributed by atoms with Gasteiger partial charge in [0.1, 0.15) is 0 Å². The molecule has 0 bridgehead atoms. The van der Waals surface area contributed by atoms with E-state index in [1.165, 1.54) is 19.3 Å². The molecular formula is C12H17N3O2. The topological polar surface area (TPSA) is 89.1 Å². The molecule has 5 heteroatoms. The number of nitrogens with zero attached hydrogens (tertiary/aromatic N) is 2. The molecule has 92 valence electrons. The number of aromatic nitrogens is 2. The molecule has 17 heavy (non-hydrogen) atoms. The van der Waals surface area contributed by atoms with Gasteiger partial charge in [-0.05, 0) is 18.9 Å². The average Bonchev–Trinajstić information content (AvgIpc) is 2.28. The minimum Gasteiger partial charge on any atom is -0.481 e. The summed E-state index contributed by atoms with van der Waals surface area (Å²) in [4.78, 5) is 18.9. The standard InChI is InChI=1S/C12H17N3O2/c13-12-14-9(7-11(16)17)6-10(15-12)8-4-2-1-3-5-8/h6,8H,1-5,7H2,(H,16,17)(H2,13,14,15). The van der Waals surface area contributed by atoms with E-state index in [9.17, 15) is 4.79 Å². The van der Waals surface area contributed by atoms with Crippen LogP contribution in [0.5, 0.6) is 0 Å². The van der Waals surface area contributed by atoms with Gasteiger partial charge < -0.3 is 10.8 Å². The summed E-state index contributed by atoms with van der Waals surface area (Å²) in [6.07, 6.45) is 5.84. The second-order valence-electron chi connectivity index (χ2n) is 4.55. The summed E-state index contributed by atoms with van der Waals surface area (Å²) in [7, 11) is 0. The van der Waals surface area contributed by atoms with E-state index in [0.29, 0.717) is 11.6 Å². The van der Waals surface area contributed by atoms with Gasteiger partial charge in [0.2, 0.25) is 5.95 Å². The highest BCUT2D eigenvalue weighted by Crippen LogP contribution is 2.31. The van der Waals surface area contributed by atoms with Crippen LogP contribution < -0.4 is 5.73 Å². The van der Waals surface area contributed by atoms with Crippen molar-refractivity contribution in [1.29, 1.82) is 0 Å². The fraction of sp³-hybridized carbons (Fsp3) is 0.583. The van der Waals surface area contributed by atoms with Gasteiger partial charge in [-0.25, -0.2) is 9.97 Å². The number of nitrogens with two attached hydrogens (primary N) is 1. The summed E-state index contributed by atoms with van der Waals surface area (Å²) >= 11 is 0. The Morgan fingerprint density at radius 3 is 2.71 bits per heavy atom. The Balaban J connectivity index is 2.20. The van der Waals surface area contributed by atoms with E-state index < -0.39 is 5.97 Å². The second kappa shape index (κ2) is 5.12. The highest BCUT2D eigenvalue weighted by atomic mass is 16.4. The van der Waals surface area contributed by atoms with Crippen LogP contribution >= 0.6 is 0 Å². The lowest BCUT2D eigenvalue weighted by molar-refractivity contribution is -0.136. The van der Waals surface area contributed by atoms with E-state index >= 15 is 0 Å². The van der Waals surface area contributed by atoms with Crippen molar-refractivity contribution in [2.75, 3.05) is 5.73 Å². The molecule has 5 nitrogen and oxygen atoms in total. The Hall–Kier alpha value is -1.65. The quantitative estimate of drug-likeness (QED) is 0.832. The highest BCUT2D eigenvalue weighted by molar-refractivity contribution is 5.69. The Labute approximate surface area is 100 Å². The number of carboxylic acids is 1. The lowest BCUT2D eigenvalue weighted by Crippen LogP contribution is -2.12. The van der Waals surface area contributed by atoms with Gasteiger partial charge in [0.15, 0.2) is 0 Å². The maximum absolute atomic E-state index is 10.7. The smallest absolute Gasteiger partial charge is 0.309 e. The Bertz CT molecular complexity index is 414. The zero-order valence-corrected chi connectivity index (χ0v) is 9.72. The fourth-order valence-corrected chi connectivity index (χ4v) is 2.39. The van der Waals surface area contributed by atoms with E-state index in [1.54, 1.807) is 6.07 Å². The summed E-state index contributed by atoms with van der Waals surface area (Å²) in [5, 5.41) is 8.76. The second-order valence-corrected chi connectivity index (χ2v) is 4.55. The molecule has 0 atom stereocenters. The molecule has 1 aromatic rings. The van der Waals surface area contributed by atoms with Crippen LogP contribution in [0.15, 0.2) is 6.07 Å². The van der Waals surface area contributed by atoms with E-state index in [1.807, 2.05) is 0 Å². The molecule has 0 radical (unpaired) electrons. The average molecular weight is 235 g/mol. The highest BCUT2D eigenvalue weighted by Gasteiger charge is 2.18. The zero-order chi connectivity index (χ0) is 12.3. The summed E-state index contributed by atoms with van der Waals surface area (Å²) in [5.74, 6) is -0.288. The molecule has 0 aromatic carbocycles. The SMILES string of the molecule is Nc1nc(CC(=O)O)cc(C2CCCCC2)n1. The molecule has 0 amide bonds. The molecule has 0 saturated heterocycles. The van der Waals surface area contributed by atoms with Crippen LogP contribution in [0.2, 0.25) is 0 Å². The van der Waals surface area contributed by atoms with Gasteiger partial charge in [0.05, 0.1) is 12.1 Å². The number of hydrogen-bond donors (Lipinski definition) is 2. The number of hydrogen-bond acceptors (Lipinski definition) is 4. The molecule has 2 rings (SSSR count). The molecule has 1 aliphatic carbocycles. The number of carboxylic acid groups (broad SMARTS) is 1. The molecular weight excluding hydrogens is 218 g/mol. The predicted molar refractivity (Wildman–Crippen MR) is 63.6 cm³/mol. The third kappa shape index (κ3) is 3.15. The van der Waals surface area contributed by atoms with Gasteiger partial charge >= 0.3 is 5.97 Å². The van der Waals surface area contributed by atoms with Gasteiger partial charge in [-0.3, -0.25) is 4.79 Å². The number of carbonyl (C=O) groups is 1. The Kier molecular flexibility index (Phi) is 3.56. The third-order valence-corrected chi connectivity index (χ3v) is 3.17. The van der Waals surface area contributed by atoms with E-state index in [2.05, 4.69) is 9.97 Å². The zero-order valence-electron chi connectivity index (χ0n) is 9.72. The minimum absolute atomic E-state index is 0.0908. The molecule has 3 N–H and O–H groups in total. The molecule has 0 aliphatic heterocycles. The van der Waals surface area contributed by atoms with Crippen molar-refractivity contribution >= 4 is 11.9 Å². The van der Waals surface area contributed by atoms with Gasteiger partial charge in [-0.2, -0.15) is 0 Å². The summed E-state index contributed by atoms with van der Waals surface area (Å²) < 4.78 is 0. The van der Waals surface area contributed by atoms with Crippen LogP contribution in [0.4, 0.5) is 5.95 Å². The molecule has 1 heterocycles. The molecule has 0 unspecified atom stereocenters. The van der Waals surface area contributed by atoms with E-state index in [-0.39, 0.29) is 12.4 Å². The normalized spacial score (nSPS) is 16.9. The maximum atomic E-state index is 10.7. The first kappa shape index (κ1) is 11.8. The largest absolute Gasteiger partial charge is 0.481 e. The van der Waals surface area contributed by atoms with Crippen LogP contribution in [0.25, 0.3) is 0 Å². The number of aliphatic carboxylic acids is 1. The third-order valence-electron chi connectivity index (χ3n) is 3.17. The van der Waals surface area contributed by atoms with E-state index in [0.717, 1.165) is 18.5 Å². The molecule has 1 saturated carbocycles. The van der Waals surface area contributed by atoms with Crippen LogP contribution in [0.3, 0.4) is 0 Å². The van der Waals surface area contributed by atoms with Crippen molar-refractivity contribution in [3.63, 3.8) is 0 Å². The monoisotopic (exact) mass is 235 g/mol. The summed E-state index contributed by atoms with van der Waals surface area (Å²) in [6, 6.07) is 1.79. The lowest BCUT2D eigenvalue weighted by Gasteiger charge is -2.21. The van der Waals surface area contributed by atoms with Gasteiger partial charge in [0, 0.05) is 11.6 Å². The number of rotatable bonds is 3. The predicted octanol–water partition coefficient (Wildman–Crippen LogP) is 1.73. The molecule has 1 aliphatic rings. The van der Waals surface area contributed by atoms with E-state index in [4.69, 9.17) is 10.8 Å². The van der Waals surface area contributed by atoms with Crippen LogP contribution in [-0.2, 0) is 11.2 Å². The van der Waals surface area contributed by atoms with Gasteiger partial charge in [-0.1, -0.05) is 19.3 Å². The molecule has 0 spiro atoms. The summed E-state index contributed by atoms with van der Waals surface area (Å²) in [6.45, 7) is 0. The first-order valence-corrected chi connectivity index (χ1v) is 6.00. The molecule has 1 fully saturated rings. The van der Waals surface area contributed by atoms with Gasteiger partial charge in [0.25, 0.3) is 0 Å². The fourth-order valence-electron chi connectivity index (χ4n) is 2.39. The Morgan fingerprint density at radius 2 is 2.06 bits per heavy atom. The Morgan fingerprint density at radius 1 is 1.35 bits per heavy atom. The van der Waals surface area contributed by atoms with Crippen molar-refractivity contribution in [3.05, 3.63) is 17.5 Å². The first-order valence-electron chi connectivity index (χ1n) is 6.00. The lowest BCUT2D eigenvalue weighted by atomic mass is 9.86. The van der Waals surface area contributed by atoms with Crippen LogP contribution in [0.1, 0.15) is 49.4 Å². The summed E-state index contributed by atoms with van der Waals surface area (Å²) in [5.41, 5.74) is 7.04. The van der Waals surface area contributed by atoms with Crippen molar-refractivity contribution < 1.29 is 9.90 Å². The maximum Gasteiger partial charge on any atom is 0.309 e. The van der Waals surface area contributed by atoms with Crippen LogP contribution in [-0.4, -0.2) is 21.0 Å². The van der Waals surface area contributed by atoms with Crippen molar-refractivity contribution in [1.82, 2.24) is 9.97 Å². The number of nitrogen functional groups attached to an aromatic ring is 1. The first-order chi connectivity index (χ1) is 8.15.